The Morgan fingerprint density at radius 3 is 2.67 bits per heavy atom. The van der Waals surface area contributed by atoms with Crippen molar-refractivity contribution in [1.82, 2.24) is 15.5 Å². The highest BCUT2D eigenvalue weighted by Gasteiger charge is 2.19. The minimum Gasteiger partial charge on any atom is -0.339 e. The summed E-state index contributed by atoms with van der Waals surface area (Å²) in [6, 6.07) is 9.46. The number of hydrogen-bond acceptors (Lipinski definition) is 5. The fraction of sp³-hybridized carbons (Fsp3) is 0.500. The number of thioether (sulfide) groups is 1. The van der Waals surface area contributed by atoms with Crippen LogP contribution in [0.25, 0.3) is 0 Å². The van der Waals surface area contributed by atoms with Crippen molar-refractivity contribution in [2.24, 2.45) is 0 Å². The quantitative estimate of drug-likeness (QED) is 0.790. The largest absolute Gasteiger partial charge is 0.339 e. The second kappa shape index (κ2) is 6.62. The Morgan fingerprint density at radius 1 is 1.29 bits per heavy atom. The molecular weight excluding hydrogens is 282 g/mol. The zero-order valence-electron chi connectivity index (χ0n) is 12.5. The molecule has 0 atom stereocenters. The van der Waals surface area contributed by atoms with Gasteiger partial charge in [-0.05, 0) is 30.5 Å². The fourth-order valence-corrected chi connectivity index (χ4v) is 2.70. The minimum absolute atomic E-state index is 0.287. The molecule has 0 spiro atoms. The van der Waals surface area contributed by atoms with Crippen LogP contribution in [0.4, 0.5) is 0 Å². The van der Waals surface area contributed by atoms with Gasteiger partial charge < -0.3 is 9.84 Å². The average molecular weight is 303 g/mol. The lowest BCUT2D eigenvalue weighted by Gasteiger charge is -2.04. The van der Waals surface area contributed by atoms with Crippen molar-refractivity contribution < 1.29 is 4.52 Å². The van der Waals surface area contributed by atoms with Crippen LogP contribution in [0, 0.1) is 0 Å². The minimum atomic E-state index is 0.287. The lowest BCUT2D eigenvalue weighted by atomic mass is 10.2. The SMILES string of the molecule is CC(C)c1nc(CSc2ccc(CNC3CC3)cc2)no1. The summed E-state index contributed by atoms with van der Waals surface area (Å²) in [6.07, 6.45) is 2.66. The van der Waals surface area contributed by atoms with E-state index in [1.54, 1.807) is 11.8 Å². The van der Waals surface area contributed by atoms with Gasteiger partial charge in [0.15, 0.2) is 5.82 Å². The first kappa shape index (κ1) is 14.6. The van der Waals surface area contributed by atoms with Gasteiger partial charge in [0.1, 0.15) is 0 Å². The van der Waals surface area contributed by atoms with Crippen LogP contribution in [-0.2, 0) is 12.3 Å². The van der Waals surface area contributed by atoms with Crippen LogP contribution in [0.5, 0.6) is 0 Å². The number of rotatable bonds is 7. The van der Waals surface area contributed by atoms with E-state index in [0.29, 0.717) is 5.89 Å². The monoisotopic (exact) mass is 303 g/mol. The standard InChI is InChI=1S/C16H21N3OS/c1-11(2)16-18-15(19-20-16)10-21-14-7-3-12(4-8-14)9-17-13-5-6-13/h3-4,7-8,11,13,17H,5-6,9-10H2,1-2H3. The zero-order valence-corrected chi connectivity index (χ0v) is 13.3. The molecule has 5 heteroatoms. The summed E-state index contributed by atoms with van der Waals surface area (Å²) in [5.41, 5.74) is 1.34. The third kappa shape index (κ3) is 4.32. The van der Waals surface area contributed by atoms with E-state index in [1.165, 1.54) is 23.3 Å². The first-order valence-electron chi connectivity index (χ1n) is 7.48. The third-order valence-electron chi connectivity index (χ3n) is 3.44. The number of aromatic nitrogens is 2. The first-order chi connectivity index (χ1) is 10.2. The van der Waals surface area contributed by atoms with Crippen molar-refractivity contribution in [3.8, 4) is 0 Å². The van der Waals surface area contributed by atoms with E-state index >= 15 is 0 Å². The molecule has 0 aliphatic heterocycles. The molecule has 1 aromatic carbocycles. The highest BCUT2D eigenvalue weighted by molar-refractivity contribution is 7.98. The Kier molecular flexibility index (Phi) is 4.60. The molecule has 1 aliphatic rings. The van der Waals surface area contributed by atoms with E-state index in [4.69, 9.17) is 4.52 Å². The smallest absolute Gasteiger partial charge is 0.229 e. The molecule has 4 nitrogen and oxygen atoms in total. The van der Waals surface area contributed by atoms with Crippen LogP contribution in [0.3, 0.4) is 0 Å². The van der Waals surface area contributed by atoms with Crippen molar-refractivity contribution in [1.29, 1.82) is 0 Å². The van der Waals surface area contributed by atoms with E-state index in [0.717, 1.165) is 24.2 Å². The van der Waals surface area contributed by atoms with Crippen LogP contribution in [-0.4, -0.2) is 16.2 Å². The summed E-state index contributed by atoms with van der Waals surface area (Å²) in [7, 11) is 0. The molecule has 0 radical (unpaired) electrons. The molecule has 0 bridgehead atoms. The molecule has 2 aromatic rings. The molecule has 0 amide bonds. The number of hydrogen-bond donors (Lipinski definition) is 1. The molecule has 1 saturated carbocycles. The highest BCUT2D eigenvalue weighted by Crippen LogP contribution is 2.23. The second-order valence-corrected chi connectivity index (χ2v) is 6.84. The highest BCUT2D eigenvalue weighted by atomic mass is 32.2. The Bertz CT molecular complexity index is 575. The number of nitrogens with zero attached hydrogens (tertiary/aromatic N) is 2. The van der Waals surface area contributed by atoms with E-state index in [9.17, 15) is 0 Å². The van der Waals surface area contributed by atoms with E-state index in [-0.39, 0.29) is 5.92 Å². The predicted octanol–water partition coefficient (Wildman–Crippen LogP) is 3.74. The summed E-state index contributed by atoms with van der Waals surface area (Å²) in [5, 5.41) is 7.53. The lowest BCUT2D eigenvalue weighted by Crippen LogP contribution is -2.14. The molecule has 1 aromatic heterocycles. The van der Waals surface area contributed by atoms with Crippen molar-refractivity contribution in [3.05, 3.63) is 41.5 Å². The van der Waals surface area contributed by atoms with Crippen molar-refractivity contribution in [2.45, 2.75) is 55.8 Å². The molecule has 0 saturated heterocycles. The molecule has 0 unspecified atom stereocenters. The summed E-state index contributed by atoms with van der Waals surface area (Å²) < 4.78 is 5.21. The second-order valence-electron chi connectivity index (χ2n) is 5.79. The third-order valence-corrected chi connectivity index (χ3v) is 4.45. The normalized spacial score (nSPS) is 14.8. The zero-order chi connectivity index (χ0) is 14.7. The maximum absolute atomic E-state index is 5.21. The van der Waals surface area contributed by atoms with Gasteiger partial charge >= 0.3 is 0 Å². The van der Waals surface area contributed by atoms with Gasteiger partial charge in [0.2, 0.25) is 5.89 Å². The van der Waals surface area contributed by atoms with E-state index in [2.05, 4.69) is 53.6 Å². The van der Waals surface area contributed by atoms with Crippen LogP contribution < -0.4 is 5.32 Å². The Balaban J connectivity index is 1.49. The molecular formula is C16H21N3OS. The molecule has 21 heavy (non-hydrogen) atoms. The van der Waals surface area contributed by atoms with Crippen molar-refractivity contribution in [2.75, 3.05) is 0 Å². The maximum Gasteiger partial charge on any atom is 0.229 e. The number of nitrogens with one attached hydrogen (secondary N) is 1. The van der Waals surface area contributed by atoms with Crippen molar-refractivity contribution >= 4 is 11.8 Å². The Labute approximate surface area is 129 Å². The van der Waals surface area contributed by atoms with Crippen LogP contribution in [0.2, 0.25) is 0 Å². The topological polar surface area (TPSA) is 51.0 Å². The van der Waals surface area contributed by atoms with Gasteiger partial charge in [0, 0.05) is 23.4 Å². The lowest BCUT2D eigenvalue weighted by molar-refractivity contribution is 0.362. The Morgan fingerprint density at radius 2 is 2.05 bits per heavy atom. The molecule has 1 aliphatic carbocycles. The van der Waals surface area contributed by atoms with Crippen LogP contribution in [0.15, 0.2) is 33.7 Å². The summed E-state index contributed by atoms with van der Waals surface area (Å²) in [6.45, 7) is 5.08. The van der Waals surface area contributed by atoms with Gasteiger partial charge in [-0.25, -0.2) is 0 Å². The molecule has 1 fully saturated rings. The van der Waals surface area contributed by atoms with Crippen LogP contribution in [0.1, 0.15) is 49.9 Å². The average Bonchev–Trinajstić information content (AvgIpc) is 3.19. The number of benzene rings is 1. The van der Waals surface area contributed by atoms with Gasteiger partial charge in [-0.15, -0.1) is 11.8 Å². The van der Waals surface area contributed by atoms with Gasteiger partial charge in [-0.2, -0.15) is 4.98 Å². The first-order valence-corrected chi connectivity index (χ1v) is 8.47. The summed E-state index contributed by atoms with van der Waals surface area (Å²) in [5.74, 6) is 2.51. The van der Waals surface area contributed by atoms with Crippen LogP contribution >= 0.6 is 11.8 Å². The van der Waals surface area contributed by atoms with Gasteiger partial charge in [-0.3, -0.25) is 0 Å². The van der Waals surface area contributed by atoms with Gasteiger partial charge in [-0.1, -0.05) is 31.1 Å². The summed E-state index contributed by atoms with van der Waals surface area (Å²) >= 11 is 1.74. The van der Waals surface area contributed by atoms with Crippen molar-refractivity contribution in [3.63, 3.8) is 0 Å². The maximum atomic E-state index is 5.21. The fourth-order valence-electron chi connectivity index (χ4n) is 1.96. The Hall–Kier alpha value is -1.33. The summed E-state index contributed by atoms with van der Waals surface area (Å²) in [4.78, 5) is 5.63. The van der Waals surface area contributed by atoms with E-state index in [1.807, 2.05) is 0 Å². The molecule has 112 valence electrons. The van der Waals surface area contributed by atoms with Gasteiger partial charge in [0.25, 0.3) is 0 Å². The van der Waals surface area contributed by atoms with Gasteiger partial charge in [0.05, 0.1) is 5.75 Å². The predicted molar refractivity (Wildman–Crippen MR) is 84.3 cm³/mol. The molecule has 3 rings (SSSR count). The molecule has 1 heterocycles. The van der Waals surface area contributed by atoms with E-state index < -0.39 is 0 Å². The molecule has 1 N–H and O–H groups in total.